The minimum atomic E-state index is -4.73. The van der Waals surface area contributed by atoms with E-state index in [2.05, 4.69) is 67.0 Å². The molecule has 1 heterocycles. The number of carboxylic acid groups (broad SMARTS) is 1. The summed E-state index contributed by atoms with van der Waals surface area (Å²) in [7, 11) is -4.73. The molecule has 0 amide bonds. The number of carboxylic acids is 1. The van der Waals surface area contributed by atoms with Crippen molar-refractivity contribution < 1.29 is 52.2 Å². The van der Waals surface area contributed by atoms with E-state index in [9.17, 15) is 23.8 Å². The number of unbranched alkanes of at least 4 members (excludes halogenated alkanes) is 12. The number of carbonyl (C=O) groups is 3. The Bertz CT molecular complexity index is 1190. The Hall–Kier alpha value is -2.60. The summed E-state index contributed by atoms with van der Waals surface area (Å²) in [5.41, 5.74) is 5.33. The summed E-state index contributed by atoms with van der Waals surface area (Å²) in [4.78, 5) is 45.9. The molecule has 0 aliphatic carbocycles. The van der Waals surface area contributed by atoms with E-state index in [0.29, 0.717) is 25.0 Å². The fourth-order valence-electron chi connectivity index (χ4n) is 5.61. The minimum absolute atomic E-state index is 0.132. The van der Waals surface area contributed by atoms with Crippen molar-refractivity contribution in [1.82, 2.24) is 0 Å². The normalized spacial score (nSPS) is 18.0. The Morgan fingerprint density at radius 3 is 1.93 bits per heavy atom. The van der Waals surface area contributed by atoms with Crippen LogP contribution in [0.4, 0.5) is 0 Å². The van der Waals surface area contributed by atoms with Crippen LogP contribution in [0.2, 0.25) is 0 Å². The number of carbonyl (C=O) groups excluding carboxylic acids is 2. The monoisotopic (exact) mass is 797 g/mol. The Morgan fingerprint density at radius 1 is 0.691 bits per heavy atom. The molecular weight excluding hydrogens is 725 g/mol. The highest BCUT2D eigenvalue weighted by atomic mass is 31.2. The summed E-state index contributed by atoms with van der Waals surface area (Å²) in [6.07, 6.45) is 37.7. The van der Waals surface area contributed by atoms with Crippen LogP contribution in [0.25, 0.3) is 0 Å². The molecule has 1 rings (SSSR count). The number of aliphatic carboxylic acids is 1. The average Bonchev–Trinajstić information content (AvgIpc) is 3.91. The standard InChI is InChI=1S/C42H72NO11P/c1-3-5-7-9-11-12-13-14-15-16-17-18-19-23-27-31-40(44)50-33-36(34-51-55(48,49)52-35-37(43)42(46)47)53-41(45)32-28-24-20-22-26-30-39-38(54-39)29-25-21-10-8-6-4-2/h5,7,11-12,14-15,21,25,36-39H,3-4,6,8-10,13,16-20,22-24,26-35,43H2,1-2H3,(H,46,47)(H,48,49)/b7-5-,12-11-,15-14-,25-21-/t36-,37+,38?,39?/m1/s1. The Balaban J connectivity index is 2.32. The lowest BCUT2D eigenvalue weighted by molar-refractivity contribution is -0.161. The smallest absolute Gasteiger partial charge is 0.472 e. The van der Waals surface area contributed by atoms with E-state index in [-0.39, 0.29) is 19.4 Å². The SMILES string of the molecule is CC/C=C\C/C=C\C/C=C\CCCCCCCC(=O)OC[C@H](COP(=O)(O)OC[C@H](N)C(=O)O)OC(=O)CCCCCCCC1OC1C/C=C\CCCCC. The molecule has 1 aliphatic heterocycles. The molecule has 0 bridgehead atoms. The van der Waals surface area contributed by atoms with E-state index in [1.807, 2.05) is 0 Å². The summed E-state index contributed by atoms with van der Waals surface area (Å²) in [6.45, 7) is 2.60. The van der Waals surface area contributed by atoms with Crippen LogP contribution in [-0.2, 0) is 42.2 Å². The molecule has 316 valence electrons. The first kappa shape index (κ1) is 50.4. The number of hydrogen-bond donors (Lipinski definition) is 3. The second-order valence-electron chi connectivity index (χ2n) is 14.1. The largest absolute Gasteiger partial charge is 0.480 e. The van der Waals surface area contributed by atoms with Crippen LogP contribution in [0.3, 0.4) is 0 Å². The quantitative estimate of drug-likeness (QED) is 0.0178. The van der Waals surface area contributed by atoms with E-state index in [1.165, 1.54) is 19.3 Å². The molecule has 0 radical (unpaired) electrons. The van der Waals surface area contributed by atoms with Gasteiger partial charge in [-0.15, -0.1) is 0 Å². The number of phosphoric ester groups is 1. The van der Waals surface area contributed by atoms with Crippen molar-refractivity contribution in [3.05, 3.63) is 48.6 Å². The molecule has 1 fully saturated rings. The third-order valence-electron chi connectivity index (χ3n) is 8.98. The molecule has 0 aromatic rings. The van der Waals surface area contributed by atoms with Crippen molar-refractivity contribution in [3.8, 4) is 0 Å². The lowest BCUT2D eigenvalue weighted by Crippen LogP contribution is -2.34. The van der Waals surface area contributed by atoms with Gasteiger partial charge in [0, 0.05) is 12.8 Å². The van der Waals surface area contributed by atoms with E-state index in [4.69, 9.17) is 29.6 Å². The highest BCUT2D eigenvalue weighted by Gasteiger charge is 2.36. The van der Waals surface area contributed by atoms with Crippen molar-refractivity contribution in [2.24, 2.45) is 5.73 Å². The van der Waals surface area contributed by atoms with Gasteiger partial charge in [0.1, 0.15) is 12.6 Å². The average molecular weight is 798 g/mol. The van der Waals surface area contributed by atoms with Crippen LogP contribution in [0.5, 0.6) is 0 Å². The zero-order valence-electron chi connectivity index (χ0n) is 33.7. The van der Waals surface area contributed by atoms with Crippen LogP contribution in [0, 0.1) is 0 Å². The molecule has 5 atom stereocenters. The maximum absolute atomic E-state index is 12.6. The number of epoxide rings is 1. The fourth-order valence-corrected chi connectivity index (χ4v) is 6.39. The molecule has 3 unspecified atom stereocenters. The van der Waals surface area contributed by atoms with Gasteiger partial charge in [-0.3, -0.25) is 23.4 Å². The van der Waals surface area contributed by atoms with Crippen LogP contribution in [0.1, 0.15) is 155 Å². The molecular formula is C42H72NO11P. The van der Waals surface area contributed by atoms with E-state index < -0.39 is 51.1 Å². The van der Waals surface area contributed by atoms with E-state index >= 15 is 0 Å². The first-order valence-electron chi connectivity index (χ1n) is 20.8. The zero-order valence-corrected chi connectivity index (χ0v) is 34.6. The van der Waals surface area contributed by atoms with Crippen molar-refractivity contribution in [1.29, 1.82) is 0 Å². The van der Waals surface area contributed by atoms with E-state index in [0.717, 1.165) is 96.3 Å². The molecule has 0 spiro atoms. The Kier molecular flexibility index (Phi) is 30.7. The number of ether oxygens (including phenoxy) is 3. The molecule has 13 heteroatoms. The summed E-state index contributed by atoms with van der Waals surface area (Å²) in [6, 6.07) is -1.53. The van der Waals surface area contributed by atoms with Gasteiger partial charge in [0.05, 0.1) is 25.4 Å². The van der Waals surface area contributed by atoms with Gasteiger partial charge in [0.2, 0.25) is 0 Å². The van der Waals surface area contributed by atoms with Crippen molar-refractivity contribution in [2.45, 2.75) is 179 Å². The zero-order chi connectivity index (χ0) is 40.4. The first-order chi connectivity index (χ1) is 26.6. The Morgan fingerprint density at radius 2 is 1.25 bits per heavy atom. The van der Waals surface area contributed by atoms with Gasteiger partial charge in [0.25, 0.3) is 0 Å². The number of esters is 2. The highest BCUT2D eigenvalue weighted by Crippen LogP contribution is 2.43. The van der Waals surface area contributed by atoms with Gasteiger partial charge in [0.15, 0.2) is 6.10 Å². The van der Waals surface area contributed by atoms with Crippen LogP contribution in [-0.4, -0.2) is 72.1 Å². The second kappa shape index (κ2) is 33.5. The van der Waals surface area contributed by atoms with Gasteiger partial charge >= 0.3 is 25.7 Å². The molecule has 0 aromatic carbocycles. The van der Waals surface area contributed by atoms with Crippen LogP contribution < -0.4 is 5.73 Å². The molecule has 1 aliphatic rings. The summed E-state index contributed by atoms with van der Waals surface area (Å²) in [5.74, 6) is -2.43. The molecule has 55 heavy (non-hydrogen) atoms. The van der Waals surface area contributed by atoms with Crippen molar-refractivity contribution >= 4 is 25.7 Å². The van der Waals surface area contributed by atoms with Gasteiger partial charge < -0.3 is 29.9 Å². The lowest BCUT2D eigenvalue weighted by Gasteiger charge is -2.20. The molecule has 4 N–H and O–H groups in total. The number of phosphoric acid groups is 1. The summed E-state index contributed by atoms with van der Waals surface area (Å²) >= 11 is 0. The van der Waals surface area contributed by atoms with Gasteiger partial charge in [-0.1, -0.05) is 120 Å². The second-order valence-corrected chi connectivity index (χ2v) is 15.6. The number of rotatable bonds is 37. The predicted molar refractivity (Wildman–Crippen MR) is 216 cm³/mol. The van der Waals surface area contributed by atoms with Gasteiger partial charge in [-0.25, -0.2) is 4.57 Å². The molecule has 12 nitrogen and oxygen atoms in total. The number of nitrogens with two attached hydrogens (primary N) is 1. The van der Waals surface area contributed by atoms with Gasteiger partial charge in [-0.2, -0.15) is 0 Å². The topological polar surface area (TPSA) is 184 Å². The number of hydrogen-bond acceptors (Lipinski definition) is 10. The van der Waals surface area contributed by atoms with Crippen molar-refractivity contribution in [3.63, 3.8) is 0 Å². The predicted octanol–water partition coefficient (Wildman–Crippen LogP) is 9.60. The summed E-state index contributed by atoms with van der Waals surface area (Å²) < 4.78 is 38.4. The molecule has 1 saturated heterocycles. The van der Waals surface area contributed by atoms with Gasteiger partial charge in [-0.05, 0) is 70.6 Å². The molecule has 0 aromatic heterocycles. The maximum Gasteiger partial charge on any atom is 0.472 e. The third kappa shape index (κ3) is 31.2. The highest BCUT2D eigenvalue weighted by molar-refractivity contribution is 7.47. The molecule has 0 saturated carbocycles. The first-order valence-corrected chi connectivity index (χ1v) is 22.3. The third-order valence-corrected chi connectivity index (χ3v) is 9.94. The fraction of sp³-hybridized carbons (Fsp3) is 0.738. The van der Waals surface area contributed by atoms with Crippen molar-refractivity contribution in [2.75, 3.05) is 19.8 Å². The minimum Gasteiger partial charge on any atom is -0.480 e. The Labute approximate surface area is 330 Å². The van der Waals surface area contributed by atoms with Crippen LogP contribution >= 0.6 is 7.82 Å². The maximum atomic E-state index is 12.6. The number of allylic oxidation sites excluding steroid dienone is 7. The lowest BCUT2D eigenvalue weighted by atomic mass is 10.1. The summed E-state index contributed by atoms with van der Waals surface area (Å²) in [5, 5.41) is 8.88. The van der Waals surface area contributed by atoms with Crippen LogP contribution in [0.15, 0.2) is 48.6 Å². The van der Waals surface area contributed by atoms with E-state index in [1.54, 1.807) is 0 Å².